The van der Waals surface area contributed by atoms with E-state index in [0.29, 0.717) is 22.9 Å². The van der Waals surface area contributed by atoms with Gasteiger partial charge in [0.05, 0.1) is 0 Å². The van der Waals surface area contributed by atoms with Gasteiger partial charge in [-0.05, 0) is 17.9 Å². The van der Waals surface area contributed by atoms with Crippen molar-refractivity contribution >= 4 is 23.2 Å². The molecular weight excluding hydrogens is 205 g/mol. The van der Waals surface area contributed by atoms with Crippen molar-refractivity contribution in [3.05, 3.63) is 10.6 Å². The highest BCUT2D eigenvalue weighted by Crippen LogP contribution is 2.24. The lowest BCUT2D eigenvalue weighted by Crippen LogP contribution is -2.30. The Hall–Kier alpha value is 0.280. The Morgan fingerprint density at radius 2 is 2.00 bits per heavy atom. The van der Waals surface area contributed by atoms with Gasteiger partial charge in [0.2, 0.25) is 0 Å². The monoisotopic (exact) mass is 223 g/mol. The Morgan fingerprint density at radius 1 is 1.46 bits per heavy atom. The minimum atomic E-state index is 0.337. The normalized spacial score (nSPS) is 16.0. The van der Waals surface area contributed by atoms with Crippen molar-refractivity contribution < 1.29 is 0 Å². The number of rotatable bonds is 4. The van der Waals surface area contributed by atoms with Crippen LogP contribution in [0.3, 0.4) is 0 Å². The second-order valence-corrected chi connectivity index (χ2v) is 5.16. The summed E-state index contributed by atoms with van der Waals surface area (Å²) in [5.74, 6) is 0.618. The van der Waals surface area contributed by atoms with E-state index in [-0.39, 0.29) is 0 Å². The average molecular weight is 224 g/mol. The molecule has 0 aliphatic rings. The molecule has 0 saturated carbocycles. The molecule has 0 aromatic rings. The number of hydrogen-bond donors (Lipinski definition) is 1. The summed E-state index contributed by atoms with van der Waals surface area (Å²) >= 11 is 11.2. The standard InChI is InChI=1S/C10H19Cl2N/c1-8(10(2,3)4)6-13-7-9(12)5-11/h5,8,13H,6-7H2,1-4H3. The van der Waals surface area contributed by atoms with Crippen molar-refractivity contribution in [2.75, 3.05) is 13.1 Å². The molecule has 0 aromatic carbocycles. The molecule has 0 radical (unpaired) electrons. The topological polar surface area (TPSA) is 12.0 Å². The van der Waals surface area contributed by atoms with Crippen LogP contribution in [-0.2, 0) is 0 Å². The Kier molecular flexibility index (Phi) is 6.02. The maximum atomic E-state index is 5.73. The first kappa shape index (κ1) is 13.3. The second-order valence-electron chi connectivity index (χ2n) is 4.45. The van der Waals surface area contributed by atoms with Gasteiger partial charge in [-0.2, -0.15) is 0 Å². The highest BCUT2D eigenvalue weighted by molar-refractivity contribution is 6.36. The van der Waals surface area contributed by atoms with Crippen molar-refractivity contribution in [2.45, 2.75) is 27.7 Å². The molecule has 0 aliphatic carbocycles. The molecule has 0 spiro atoms. The van der Waals surface area contributed by atoms with Crippen LogP contribution >= 0.6 is 23.2 Å². The Morgan fingerprint density at radius 3 is 2.38 bits per heavy atom. The van der Waals surface area contributed by atoms with Crippen molar-refractivity contribution in [2.24, 2.45) is 11.3 Å². The van der Waals surface area contributed by atoms with Gasteiger partial charge in [0.15, 0.2) is 0 Å². The molecule has 0 aromatic heterocycles. The number of nitrogens with one attached hydrogen (secondary N) is 1. The molecule has 13 heavy (non-hydrogen) atoms. The minimum Gasteiger partial charge on any atom is -0.311 e. The summed E-state index contributed by atoms with van der Waals surface area (Å²) in [5, 5.41) is 3.91. The summed E-state index contributed by atoms with van der Waals surface area (Å²) < 4.78 is 0. The fourth-order valence-corrected chi connectivity index (χ4v) is 0.924. The van der Waals surface area contributed by atoms with Crippen LogP contribution in [0.5, 0.6) is 0 Å². The van der Waals surface area contributed by atoms with Crippen molar-refractivity contribution in [1.82, 2.24) is 5.32 Å². The van der Waals surface area contributed by atoms with Gasteiger partial charge in [-0.25, -0.2) is 0 Å². The maximum absolute atomic E-state index is 5.73. The van der Waals surface area contributed by atoms with Crippen LogP contribution in [0.15, 0.2) is 10.6 Å². The van der Waals surface area contributed by atoms with Gasteiger partial charge in [0.1, 0.15) is 0 Å². The third-order valence-electron chi connectivity index (χ3n) is 2.34. The summed E-state index contributed by atoms with van der Waals surface area (Å²) in [5.41, 5.74) is 1.74. The molecule has 0 saturated heterocycles. The molecule has 0 amide bonds. The molecule has 1 atom stereocenters. The second kappa shape index (κ2) is 5.90. The predicted octanol–water partition coefficient (Wildman–Crippen LogP) is 3.58. The van der Waals surface area contributed by atoms with E-state index in [1.165, 1.54) is 5.54 Å². The molecule has 78 valence electrons. The van der Waals surface area contributed by atoms with E-state index >= 15 is 0 Å². The van der Waals surface area contributed by atoms with Crippen LogP contribution in [0.1, 0.15) is 27.7 Å². The Bertz CT molecular complexity index is 170. The van der Waals surface area contributed by atoms with E-state index in [4.69, 9.17) is 23.2 Å². The molecular formula is C10H19Cl2N. The first-order chi connectivity index (χ1) is 5.88. The molecule has 0 aliphatic heterocycles. The quantitative estimate of drug-likeness (QED) is 0.769. The molecule has 0 heterocycles. The largest absolute Gasteiger partial charge is 0.311 e. The zero-order valence-corrected chi connectivity index (χ0v) is 10.3. The van der Waals surface area contributed by atoms with Crippen molar-refractivity contribution in [3.63, 3.8) is 0 Å². The highest BCUT2D eigenvalue weighted by Gasteiger charge is 2.18. The molecule has 0 fully saturated rings. The highest BCUT2D eigenvalue weighted by atomic mass is 35.5. The van der Waals surface area contributed by atoms with E-state index < -0.39 is 0 Å². The molecule has 1 N–H and O–H groups in total. The van der Waals surface area contributed by atoms with Crippen LogP contribution in [0.4, 0.5) is 0 Å². The van der Waals surface area contributed by atoms with E-state index in [2.05, 4.69) is 33.0 Å². The van der Waals surface area contributed by atoms with Crippen LogP contribution < -0.4 is 5.32 Å². The molecule has 0 rings (SSSR count). The Labute approximate surface area is 91.5 Å². The van der Waals surface area contributed by atoms with Crippen molar-refractivity contribution in [1.29, 1.82) is 0 Å². The van der Waals surface area contributed by atoms with E-state index in [1.54, 1.807) is 0 Å². The zero-order chi connectivity index (χ0) is 10.5. The third kappa shape index (κ3) is 6.36. The lowest BCUT2D eigenvalue weighted by Gasteiger charge is -2.27. The van der Waals surface area contributed by atoms with Crippen LogP contribution in [0, 0.1) is 11.3 Å². The van der Waals surface area contributed by atoms with E-state index in [9.17, 15) is 0 Å². The molecule has 3 heteroatoms. The van der Waals surface area contributed by atoms with Gasteiger partial charge < -0.3 is 5.32 Å². The number of halogens is 2. The lowest BCUT2D eigenvalue weighted by molar-refractivity contribution is 0.255. The summed E-state index contributed by atoms with van der Waals surface area (Å²) in [6, 6.07) is 0. The lowest BCUT2D eigenvalue weighted by atomic mass is 9.82. The molecule has 1 nitrogen and oxygen atoms in total. The summed E-state index contributed by atoms with van der Waals surface area (Å²) in [7, 11) is 0. The zero-order valence-electron chi connectivity index (χ0n) is 8.82. The number of hydrogen-bond acceptors (Lipinski definition) is 1. The summed E-state index contributed by atoms with van der Waals surface area (Å²) in [6.07, 6.45) is 0. The smallest absolute Gasteiger partial charge is 0.0431 e. The fraction of sp³-hybridized carbons (Fsp3) is 0.800. The van der Waals surface area contributed by atoms with Gasteiger partial charge >= 0.3 is 0 Å². The first-order valence-electron chi connectivity index (χ1n) is 4.53. The van der Waals surface area contributed by atoms with Gasteiger partial charge in [-0.15, -0.1) is 0 Å². The SMILES string of the molecule is CC(CNCC(Cl)=CCl)C(C)(C)C. The fourth-order valence-electron chi connectivity index (χ4n) is 0.753. The van der Waals surface area contributed by atoms with Crippen molar-refractivity contribution in [3.8, 4) is 0 Å². The summed E-state index contributed by atoms with van der Waals surface area (Å²) in [4.78, 5) is 0. The molecule has 1 unspecified atom stereocenters. The van der Waals surface area contributed by atoms with Gasteiger partial charge in [-0.1, -0.05) is 50.9 Å². The minimum absolute atomic E-state index is 0.337. The molecule has 0 bridgehead atoms. The predicted molar refractivity (Wildman–Crippen MR) is 61.3 cm³/mol. The summed E-state index contributed by atoms with van der Waals surface area (Å²) in [6.45, 7) is 10.6. The van der Waals surface area contributed by atoms with Crippen LogP contribution in [-0.4, -0.2) is 13.1 Å². The van der Waals surface area contributed by atoms with Gasteiger partial charge in [-0.3, -0.25) is 0 Å². The van der Waals surface area contributed by atoms with Crippen LogP contribution in [0.25, 0.3) is 0 Å². The van der Waals surface area contributed by atoms with E-state index in [1.807, 2.05) is 0 Å². The Balaban J connectivity index is 3.66. The van der Waals surface area contributed by atoms with E-state index in [0.717, 1.165) is 6.54 Å². The first-order valence-corrected chi connectivity index (χ1v) is 5.35. The maximum Gasteiger partial charge on any atom is 0.0431 e. The van der Waals surface area contributed by atoms with Gasteiger partial charge in [0.25, 0.3) is 0 Å². The average Bonchev–Trinajstić information content (AvgIpc) is 2.02. The third-order valence-corrected chi connectivity index (χ3v) is 2.96. The van der Waals surface area contributed by atoms with Crippen LogP contribution in [0.2, 0.25) is 0 Å². The van der Waals surface area contributed by atoms with Gasteiger partial charge in [0, 0.05) is 17.1 Å².